The molecule has 3 rings (SSSR count). The number of aromatic nitrogens is 2. The van der Waals surface area contributed by atoms with Gasteiger partial charge in [-0.2, -0.15) is 0 Å². The van der Waals surface area contributed by atoms with Crippen LogP contribution in [0.4, 0.5) is 11.5 Å². The van der Waals surface area contributed by atoms with Crippen molar-refractivity contribution in [1.29, 1.82) is 0 Å². The lowest BCUT2D eigenvalue weighted by Crippen LogP contribution is -2.19. The van der Waals surface area contributed by atoms with E-state index in [1.54, 1.807) is 0 Å². The zero-order valence-electron chi connectivity index (χ0n) is 17.5. The van der Waals surface area contributed by atoms with Gasteiger partial charge < -0.3 is 9.64 Å². The number of ether oxygens (including phenoxy) is 1. The molecule has 0 fully saturated rings. The molecule has 0 unspecified atom stereocenters. The zero-order valence-corrected chi connectivity index (χ0v) is 17.5. The number of benzene rings is 1. The Hall–Kier alpha value is -3.21. The normalized spacial score (nSPS) is 10.6. The van der Waals surface area contributed by atoms with Crippen molar-refractivity contribution in [2.24, 2.45) is 0 Å². The third-order valence-corrected chi connectivity index (χ3v) is 4.89. The Bertz CT molecular complexity index is 901. The van der Waals surface area contributed by atoms with E-state index in [1.165, 1.54) is 0 Å². The van der Waals surface area contributed by atoms with E-state index in [2.05, 4.69) is 33.1 Å². The fourth-order valence-corrected chi connectivity index (χ4v) is 3.38. The summed E-state index contributed by atoms with van der Waals surface area (Å²) in [4.78, 5) is 22.7. The highest BCUT2D eigenvalue weighted by Crippen LogP contribution is 2.28. The van der Waals surface area contributed by atoms with Gasteiger partial charge in [0.05, 0.1) is 18.5 Å². The lowest BCUT2D eigenvalue weighted by Gasteiger charge is -2.24. The summed E-state index contributed by atoms with van der Waals surface area (Å²) in [5.74, 6) is 0.812. The molecule has 156 valence electrons. The first-order valence-electron chi connectivity index (χ1n) is 10.6. The topological polar surface area (TPSA) is 55.3 Å². The van der Waals surface area contributed by atoms with Crippen molar-refractivity contribution in [3.05, 3.63) is 73.2 Å². The van der Waals surface area contributed by atoms with E-state index in [9.17, 15) is 4.79 Å². The van der Waals surface area contributed by atoms with Gasteiger partial charge in [-0.1, -0.05) is 49.2 Å². The highest BCUT2D eigenvalue weighted by atomic mass is 16.5. The Morgan fingerprint density at radius 1 is 0.933 bits per heavy atom. The molecule has 5 nitrogen and oxygen atoms in total. The quantitative estimate of drug-likeness (QED) is 0.299. The number of carbonyl (C=O) groups is 1. The fraction of sp³-hybridized carbons (Fsp3) is 0.320. The second-order valence-electron chi connectivity index (χ2n) is 7.11. The number of esters is 1. The van der Waals surface area contributed by atoms with Crippen LogP contribution in [0.2, 0.25) is 0 Å². The summed E-state index contributed by atoms with van der Waals surface area (Å²) in [6.07, 6.45) is 10.0. The van der Waals surface area contributed by atoms with Gasteiger partial charge in [0.25, 0.3) is 0 Å². The van der Waals surface area contributed by atoms with Crippen LogP contribution in [-0.2, 0) is 9.53 Å². The minimum Gasteiger partial charge on any atom is -0.466 e. The molecule has 0 saturated carbocycles. The highest BCUT2D eigenvalue weighted by Gasteiger charge is 2.12. The number of carbonyl (C=O) groups excluding carboxylic acids is 1. The van der Waals surface area contributed by atoms with Gasteiger partial charge in [-0.15, -0.1) is 0 Å². The van der Waals surface area contributed by atoms with E-state index >= 15 is 0 Å². The summed E-state index contributed by atoms with van der Waals surface area (Å²) in [6.45, 7) is 3.13. The van der Waals surface area contributed by atoms with Gasteiger partial charge in [0.15, 0.2) is 0 Å². The molecule has 0 aliphatic heterocycles. The predicted molar refractivity (Wildman–Crippen MR) is 121 cm³/mol. The molecule has 30 heavy (non-hydrogen) atoms. The average Bonchev–Trinajstić information content (AvgIpc) is 2.80. The molecule has 0 bridgehead atoms. The molecular formula is C25H29N3O2. The van der Waals surface area contributed by atoms with Crippen molar-refractivity contribution in [3.8, 4) is 11.1 Å². The van der Waals surface area contributed by atoms with Crippen LogP contribution in [0.25, 0.3) is 11.1 Å². The average molecular weight is 404 g/mol. The molecule has 0 aliphatic carbocycles. The van der Waals surface area contributed by atoms with Crippen molar-refractivity contribution >= 4 is 17.5 Å². The number of pyridine rings is 2. The van der Waals surface area contributed by atoms with Crippen LogP contribution in [0.1, 0.15) is 39.0 Å². The number of hydrogen-bond donors (Lipinski definition) is 0. The van der Waals surface area contributed by atoms with Crippen molar-refractivity contribution in [2.75, 3.05) is 18.1 Å². The first-order valence-corrected chi connectivity index (χ1v) is 10.6. The molecule has 0 amide bonds. The lowest BCUT2D eigenvalue weighted by atomic mass is 10.1. The minimum absolute atomic E-state index is 0.101. The van der Waals surface area contributed by atoms with Gasteiger partial charge in [0.2, 0.25) is 0 Å². The Morgan fingerprint density at radius 3 is 2.50 bits per heavy atom. The van der Waals surface area contributed by atoms with Crippen LogP contribution in [0.5, 0.6) is 0 Å². The van der Waals surface area contributed by atoms with Crippen molar-refractivity contribution in [1.82, 2.24) is 9.97 Å². The van der Waals surface area contributed by atoms with E-state index < -0.39 is 0 Å². The largest absolute Gasteiger partial charge is 0.466 e. The van der Waals surface area contributed by atoms with Crippen LogP contribution in [-0.4, -0.2) is 29.1 Å². The summed E-state index contributed by atoms with van der Waals surface area (Å²) < 4.78 is 4.99. The summed E-state index contributed by atoms with van der Waals surface area (Å²) in [7, 11) is 0. The fourth-order valence-electron chi connectivity index (χ4n) is 3.38. The molecule has 1 aromatic carbocycles. The summed E-state index contributed by atoms with van der Waals surface area (Å²) in [6, 6.07) is 18.4. The van der Waals surface area contributed by atoms with Gasteiger partial charge in [-0.25, -0.2) is 4.98 Å². The number of hydrogen-bond acceptors (Lipinski definition) is 5. The number of rotatable bonds is 11. The van der Waals surface area contributed by atoms with Gasteiger partial charge in [-0.3, -0.25) is 9.78 Å². The molecule has 0 atom stereocenters. The van der Waals surface area contributed by atoms with Crippen LogP contribution in [0.3, 0.4) is 0 Å². The molecular weight excluding hydrogens is 374 g/mol. The van der Waals surface area contributed by atoms with E-state index in [-0.39, 0.29) is 5.97 Å². The third kappa shape index (κ3) is 6.41. The molecule has 2 aromatic heterocycles. The monoisotopic (exact) mass is 403 g/mol. The van der Waals surface area contributed by atoms with Gasteiger partial charge >= 0.3 is 5.97 Å². The summed E-state index contributed by atoms with van der Waals surface area (Å²) >= 11 is 0. The van der Waals surface area contributed by atoms with Crippen LogP contribution in [0.15, 0.2) is 73.2 Å². The van der Waals surface area contributed by atoms with E-state index in [4.69, 9.17) is 4.74 Å². The SMILES string of the molecule is CCOC(=O)CCCCCCN(c1cncc(-c2ccccc2)c1)c1ccccn1. The second kappa shape index (κ2) is 11.7. The van der Waals surface area contributed by atoms with Crippen molar-refractivity contribution in [3.63, 3.8) is 0 Å². The van der Waals surface area contributed by atoms with Crippen molar-refractivity contribution < 1.29 is 9.53 Å². The number of unbranched alkanes of at least 4 members (excludes halogenated alkanes) is 3. The number of anilines is 2. The Morgan fingerprint density at radius 2 is 1.73 bits per heavy atom. The molecule has 2 heterocycles. The van der Waals surface area contributed by atoms with Crippen LogP contribution >= 0.6 is 0 Å². The summed E-state index contributed by atoms with van der Waals surface area (Å²) in [5, 5.41) is 0. The maximum atomic E-state index is 11.5. The number of nitrogens with zero attached hydrogens (tertiary/aromatic N) is 3. The molecule has 0 saturated heterocycles. The highest BCUT2D eigenvalue weighted by molar-refractivity contribution is 5.70. The van der Waals surface area contributed by atoms with Gasteiger partial charge in [0.1, 0.15) is 5.82 Å². The maximum Gasteiger partial charge on any atom is 0.305 e. The van der Waals surface area contributed by atoms with Crippen molar-refractivity contribution in [2.45, 2.75) is 39.0 Å². The summed E-state index contributed by atoms with van der Waals surface area (Å²) in [5.41, 5.74) is 3.26. The second-order valence-corrected chi connectivity index (χ2v) is 7.11. The molecule has 0 spiro atoms. The third-order valence-electron chi connectivity index (χ3n) is 4.89. The lowest BCUT2D eigenvalue weighted by molar-refractivity contribution is -0.143. The smallest absolute Gasteiger partial charge is 0.305 e. The molecule has 3 aromatic rings. The Labute approximate surface area is 178 Å². The molecule has 0 aliphatic rings. The Kier molecular flexibility index (Phi) is 8.39. The van der Waals surface area contributed by atoms with E-state index in [1.807, 2.05) is 61.9 Å². The Balaban J connectivity index is 1.65. The molecule has 0 N–H and O–H groups in total. The molecule has 5 heteroatoms. The van der Waals surface area contributed by atoms with Gasteiger partial charge in [0, 0.05) is 30.9 Å². The van der Waals surface area contributed by atoms with Gasteiger partial charge in [-0.05, 0) is 43.5 Å². The molecule has 0 radical (unpaired) electrons. The first kappa shape index (κ1) is 21.5. The standard InChI is InChI=1S/C25H29N3O2/c1-2-30-25(29)15-8-3-4-11-17-28(24-14-9-10-16-27-24)23-18-22(19-26-20-23)21-12-6-5-7-13-21/h5-7,9-10,12-14,16,18-20H,2-4,8,11,15,17H2,1H3. The van der Waals surface area contributed by atoms with Crippen LogP contribution < -0.4 is 4.90 Å². The van der Waals surface area contributed by atoms with Crippen LogP contribution in [0, 0.1) is 0 Å². The predicted octanol–water partition coefficient (Wildman–Crippen LogP) is 5.80. The van der Waals surface area contributed by atoms with E-state index in [0.29, 0.717) is 13.0 Å². The zero-order chi connectivity index (χ0) is 21.0. The van der Waals surface area contributed by atoms with E-state index in [0.717, 1.165) is 54.9 Å². The minimum atomic E-state index is -0.101. The first-order chi connectivity index (χ1) is 14.8. The maximum absolute atomic E-state index is 11.5.